The molecule has 0 spiro atoms. The van der Waals surface area contributed by atoms with Crippen molar-refractivity contribution in [2.75, 3.05) is 4.72 Å². The molecule has 0 aliphatic heterocycles. The van der Waals surface area contributed by atoms with Gasteiger partial charge in [0.05, 0.1) is 16.8 Å². The second-order valence-corrected chi connectivity index (χ2v) is 7.27. The van der Waals surface area contributed by atoms with Crippen LogP contribution in [-0.2, 0) is 10.0 Å². The number of nitrogens with one attached hydrogen (secondary N) is 1. The minimum Gasteiger partial charge on any atom is -0.288 e. The smallest absolute Gasteiger partial charge is 0.262 e. The van der Waals surface area contributed by atoms with Crippen molar-refractivity contribution in [1.82, 2.24) is 14.5 Å². The monoisotopic (exact) mass is 342 g/mol. The number of nitrogens with zero attached hydrogens (tertiary/aromatic N) is 3. The number of rotatable bonds is 4. The van der Waals surface area contributed by atoms with Gasteiger partial charge in [-0.1, -0.05) is 17.7 Å². The van der Waals surface area contributed by atoms with Crippen molar-refractivity contribution in [1.29, 1.82) is 0 Å². The Labute approximate surface area is 141 Å². The first kappa shape index (κ1) is 16.2. The number of aryl methyl sites for hydroxylation is 3. The van der Waals surface area contributed by atoms with Gasteiger partial charge in [-0.05, 0) is 44.5 Å². The molecule has 0 fully saturated rings. The van der Waals surface area contributed by atoms with E-state index < -0.39 is 10.0 Å². The van der Waals surface area contributed by atoms with Gasteiger partial charge in [0.1, 0.15) is 11.6 Å². The highest BCUT2D eigenvalue weighted by atomic mass is 32.2. The van der Waals surface area contributed by atoms with E-state index in [2.05, 4.69) is 14.7 Å². The highest BCUT2D eigenvalue weighted by molar-refractivity contribution is 7.92. The van der Waals surface area contributed by atoms with E-state index in [0.29, 0.717) is 17.1 Å². The second kappa shape index (κ2) is 6.09. The molecule has 124 valence electrons. The lowest BCUT2D eigenvalue weighted by atomic mass is 10.2. The fourth-order valence-corrected chi connectivity index (χ4v) is 3.79. The topological polar surface area (TPSA) is 76.9 Å². The highest BCUT2D eigenvalue weighted by Gasteiger charge is 2.17. The van der Waals surface area contributed by atoms with E-state index in [0.717, 1.165) is 11.4 Å². The Morgan fingerprint density at radius 3 is 2.42 bits per heavy atom. The third-order valence-electron chi connectivity index (χ3n) is 3.69. The van der Waals surface area contributed by atoms with Gasteiger partial charge in [0.25, 0.3) is 10.0 Å². The zero-order valence-corrected chi connectivity index (χ0v) is 14.5. The van der Waals surface area contributed by atoms with E-state index in [9.17, 15) is 8.42 Å². The third kappa shape index (κ3) is 3.16. The molecule has 0 saturated heterocycles. The molecular weight excluding hydrogens is 324 g/mol. The van der Waals surface area contributed by atoms with Crippen molar-refractivity contribution in [3.63, 3.8) is 0 Å². The van der Waals surface area contributed by atoms with Crippen LogP contribution in [0.5, 0.6) is 0 Å². The normalized spacial score (nSPS) is 11.5. The van der Waals surface area contributed by atoms with Crippen LogP contribution >= 0.6 is 0 Å². The summed E-state index contributed by atoms with van der Waals surface area (Å²) in [5.41, 5.74) is 2.14. The van der Waals surface area contributed by atoms with Crippen LogP contribution in [0.15, 0.2) is 53.8 Å². The van der Waals surface area contributed by atoms with Gasteiger partial charge < -0.3 is 0 Å². The Hall–Kier alpha value is -2.67. The Morgan fingerprint density at radius 2 is 1.83 bits per heavy atom. The fraction of sp³-hybridized carbons (Fsp3) is 0.176. The van der Waals surface area contributed by atoms with Gasteiger partial charge in [-0.15, -0.1) is 0 Å². The molecule has 0 unspecified atom stereocenters. The van der Waals surface area contributed by atoms with Crippen LogP contribution < -0.4 is 4.72 Å². The zero-order chi connectivity index (χ0) is 17.3. The molecule has 7 heteroatoms. The molecule has 0 saturated carbocycles. The van der Waals surface area contributed by atoms with Crippen molar-refractivity contribution in [2.24, 2.45) is 0 Å². The quantitative estimate of drug-likeness (QED) is 0.791. The lowest BCUT2D eigenvalue weighted by molar-refractivity contribution is 0.600. The SMILES string of the molecule is Cc1ccc(S(=O)(=O)Nc2ccc(-n3ccnc3C)nc2)c(C)c1. The lowest BCUT2D eigenvalue weighted by Gasteiger charge is -2.11. The zero-order valence-electron chi connectivity index (χ0n) is 13.7. The Bertz CT molecular complexity index is 976. The summed E-state index contributed by atoms with van der Waals surface area (Å²) < 4.78 is 29.5. The predicted molar refractivity (Wildman–Crippen MR) is 92.8 cm³/mol. The average molecular weight is 342 g/mol. The largest absolute Gasteiger partial charge is 0.288 e. The summed E-state index contributed by atoms with van der Waals surface area (Å²) in [7, 11) is -3.64. The number of imidazole rings is 1. The summed E-state index contributed by atoms with van der Waals surface area (Å²) in [4.78, 5) is 8.70. The average Bonchev–Trinajstić information content (AvgIpc) is 2.93. The fourth-order valence-electron chi connectivity index (χ4n) is 2.52. The molecule has 3 rings (SSSR count). The summed E-state index contributed by atoms with van der Waals surface area (Å²) in [6.07, 6.45) is 4.99. The summed E-state index contributed by atoms with van der Waals surface area (Å²) in [6, 6.07) is 8.67. The molecule has 2 aromatic heterocycles. The minimum atomic E-state index is -3.64. The van der Waals surface area contributed by atoms with Crippen LogP contribution in [0.25, 0.3) is 5.82 Å². The van der Waals surface area contributed by atoms with Gasteiger partial charge in [0.2, 0.25) is 0 Å². The van der Waals surface area contributed by atoms with Crippen LogP contribution in [0.4, 0.5) is 5.69 Å². The number of hydrogen-bond donors (Lipinski definition) is 1. The van der Waals surface area contributed by atoms with E-state index in [1.165, 1.54) is 6.20 Å². The van der Waals surface area contributed by atoms with E-state index >= 15 is 0 Å². The van der Waals surface area contributed by atoms with Crippen molar-refractivity contribution in [3.05, 3.63) is 65.9 Å². The third-order valence-corrected chi connectivity index (χ3v) is 5.23. The molecule has 6 nitrogen and oxygen atoms in total. The maximum Gasteiger partial charge on any atom is 0.262 e. The molecule has 0 amide bonds. The molecule has 24 heavy (non-hydrogen) atoms. The molecule has 0 aliphatic carbocycles. The van der Waals surface area contributed by atoms with Gasteiger partial charge >= 0.3 is 0 Å². The Morgan fingerprint density at radius 1 is 1.04 bits per heavy atom. The van der Waals surface area contributed by atoms with Crippen molar-refractivity contribution in [3.8, 4) is 5.82 Å². The van der Waals surface area contributed by atoms with Gasteiger partial charge in [0.15, 0.2) is 0 Å². The van der Waals surface area contributed by atoms with E-state index in [1.807, 2.05) is 24.5 Å². The predicted octanol–water partition coefficient (Wildman–Crippen LogP) is 2.99. The maximum atomic E-state index is 12.5. The number of sulfonamides is 1. The van der Waals surface area contributed by atoms with Crippen LogP contribution in [-0.4, -0.2) is 23.0 Å². The van der Waals surface area contributed by atoms with Crippen LogP contribution in [0.3, 0.4) is 0 Å². The molecule has 0 atom stereocenters. The van der Waals surface area contributed by atoms with E-state index in [4.69, 9.17) is 0 Å². The number of pyridine rings is 1. The van der Waals surface area contributed by atoms with Gasteiger partial charge in [-0.25, -0.2) is 18.4 Å². The van der Waals surface area contributed by atoms with Crippen LogP contribution in [0.2, 0.25) is 0 Å². The number of aromatic nitrogens is 3. The first-order chi connectivity index (χ1) is 11.4. The van der Waals surface area contributed by atoms with Crippen molar-refractivity contribution in [2.45, 2.75) is 25.7 Å². The molecular formula is C17H18N4O2S. The first-order valence-corrected chi connectivity index (χ1v) is 8.91. The lowest BCUT2D eigenvalue weighted by Crippen LogP contribution is -2.14. The number of hydrogen-bond acceptors (Lipinski definition) is 4. The Balaban J connectivity index is 1.86. The first-order valence-electron chi connectivity index (χ1n) is 7.43. The van der Waals surface area contributed by atoms with Crippen LogP contribution in [0, 0.1) is 20.8 Å². The molecule has 0 bridgehead atoms. The van der Waals surface area contributed by atoms with Gasteiger partial charge in [-0.2, -0.15) is 0 Å². The maximum absolute atomic E-state index is 12.5. The molecule has 1 N–H and O–H groups in total. The van der Waals surface area contributed by atoms with E-state index in [-0.39, 0.29) is 4.90 Å². The summed E-state index contributed by atoms with van der Waals surface area (Å²) in [6.45, 7) is 5.58. The minimum absolute atomic E-state index is 0.266. The summed E-state index contributed by atoms with van der Waals surface area (Å²) in [5, 5.41) is 0. The van der Waals surface area contributed by atoms with E-state index in [1.54, 1.807) is 43.6 Å². The standard InChI is InChI=1S/C17H18N4O2S/c1-12-4-6-16(13(2)10-12)24(22,23)20-15-5-7-17(19-11-15)21-9-8-18-14(21)3/h4-11,20H,1-3H3. The second-order valence-electron chi connectivity index (χ2n) is 5.62. The molecule has 3 aromatic rings. The molecule has 1 aromatic carbocycles. The number of anilines is 1. The Kier molecular flexibility index (Phi) is 4.11. The number of benzene rings is 1. The van der Waals surface area contributed by atoms with Crippen molar-refractivity contribution < 1.29 is 8.42 Å². The summed E-state index contributed by atoms with van der Waals surface area (Å²) in [5.74, 6) is 1.49. The summed E-state index contributed by atoms with van der Waals surface area (Å²) >= 11 is 0. The van der Waals surface area contributed by atoms with Crippen molar-refractivity contribution >= 4 is 15.7 Å². The van der Waals surface area contributed by atoms with Gasteiger partial charge in [-0.3, -0.25) is 9.29 Å². The highest BCUT2D eigenvalue weighted by Crippen LogP contribution is 2.20. The molecule has 2 heterocycles. The van der Waals surface area contributed by atoms with Gasteiger partial charge in [0, 0.05) is 12.4 Å². The van der Waals surface area contributed by atoms with Crippen LogP contribution in [0.1, 0.15) is 17.0 Å². The molecule has 0 radical (unpaired) electrons. The molecule has 0 aliphatic rings.